The second-order valence-corrected chi connectivity index (χ2v) is 5.58. The van der Waals surface area contributed by atoms with Gasteiger partial charge in [-0.2, -0.15) is 0 Å². The summed E-state index contributed by atoms with van der Waals surface area (Å²) in [6.45, 7) is 7.42. The maximum atomic E-state index is 13.0. The fourth-order valence-electron chi connectivity index (χ4n) is 2.70. The summed E-state index contributed by atoms with van der Waals surface area (Å²) in [5, 5.41) is 0.394. The molecule has 22 heavy (non-hydrogen) atoms. The number of pyridine rings is 1. The Balaban J connectivity index is 2.73. The van der Waals surface area contributed by atoms with Crippen LogP contribution in [0, 0.1) is 13.8 Å². The zero-order valence-electron chi connectivity index (χ0n) is 13.1. The third-order valence-electron chi connectivity index (χ3n) is 3.64. The predicted octanol–water partition coefficient (Wildman–Crippen LogP) is 4.40. The number of nitrogens with zero attached hydrogens (tertiary/aromatic N) is 1. The summed E-state index contributed by atoms with van der Waals surface area (Å²) < 4.78 is 7.08. The van der Waals surface area contributed by atoms with Crippen molar-refractivity contribution in [3.63, 3.8) is 0 Å². The highest BCUT2D eigenvalue weighted by atomic mass is 35.5. The highest BCUT2D eigenvalue weighted by Gasteiger charge is 2.19. The summed E-state index contributed by atoms with van der Waals surface area (Å²) in [6, 6.07) is 1.96. The number of rotatable bonds is 4. The van der Waals surface area contributed by atoms with Gasteiger partial charge in [-0.1, -0.05) is 30.3 Å². The highest BCUT2D eigenvalue weighted by molar-refractivity contribution is 6.49. The molecule has 1 aromatic rings. The lowest BCUT2D eigenvalue weighted by Crippen LogP contribution is -2.27. The predicted molar refractivity (Wildman–Crippen MR) is 92.8 cm³/mol. The summed E-state index contributed by atoms with van der Waals surface area (Å²) in [5.41, 5.74) is 2.83. The van der Waals surface area contributed by atoms with E-state index >= 15 is 0 Å². The van der Waals surface area contributed by atoms with Crippen LogP contribution in [0.4, 0.5) is 0 Å². The number of hydrogen-bond donors (Lipinski definition) is 0. The van der Waals surface area contributed by atoms with Gasteiger partial charge in [-0.15, -0.1) is 0 Å². The molecule has 0 amide bonds. The molecule has 3 nitrogen and oxygen atoms in total. The third-order valence-corrected chi connectivity index (χ3v) is 3.95. The van der Waals surface area contributed by atoms with E-state index in [-0.39, 0.29) is 5.56 Å². The minimum Gasteiger partial charge on any atom is -0.495 e. The van der Waals surface area contributed by atoms with Gasteiger partial charge in [-0.25, -0.2) is 0 Å². The number of halogens is 1. The lowest BCUT2D eigenvalue weighted by atomic mass is 10.1. The van der Waals surface area contributed by atoms with Gasteiger partial charge in [0.2, 0.25) is 0 Å². The molecular weight excluding hydrogens is 298 g/mol. The first-order valence-electron chi connectivity index (χ1n) is 7.18. The quantitative estimate of drug-likeness (QED) is 0.771. The van der Waals surface area contributed by atoms with Crippen molar-refractivity contribution in [3.8, 4) is 0 Å². The van der Waals surface area contributed by atoms with Gasteiger partial charge in [0.25, 0.3) is 5.56 Å². The number of methoxy groups -OCH3 is 1. The minimum absolute atomic E-state index is 0.142. The smallest absolute Gasteiger partial charge is 0.264 e. The molecule has 0 saturated heterocycles. The van der Waals surface area contributed by atoms with Crippen LogP contribution in [0.3, 0.4) is 0 Å². The van der Waals surface area contributed by atoms with Crippen molar-refractivity contribution in [2.45, 2.75) is 26.7 Å². The van der Waals surface area contributed by atoms with Crippen molar-refractivity contribution in [1.29, 1.82) is 0 Å². The molecular formula is C18H20ClNO2. The van der Waals surface area contributed by atoms with E-state index in [0.29, 0.717) is 10.6 Å². The van der Waals surface area contributed by atoms with Crippen LogP contribution in [-0.2, 0) is 4.74 Å². The Bertz CT molecular complexity index is 751. The molecule has 1 aromatic heterocycles. The van der Waals surface area contributed by atoms with Crippen molar-refractivity contribution in [3.05, 3.63) is 69.9 Å². The average molecular weight is 318 g/mol. The van der Waals surface area contributed by atoms with Gasteiger partial charge in [0.1, 0.15) is 5.76 Å². The monoisotopic (exact) mass is 317 g/mol. The molecule has 2 rings (SSSR count). The first-order valence-corrected chi connectivity index (χ1v) is 7.56. The molecule has 0 unspecified atom stereocenters. The maximum absolute atomic E-state index is 13.0. The molecule has 0 saturated carbocycles. The molecule has 0 spiro atoms. The summed E-state index contributed by atoms with van der Waals surface area (Å²) >= 11 is 6.26. The third kappa shape index (κ3) is 2.95. The molecule has 0 radical (unpaired) electrons. The van der Waals surface area contributed by atoms with E-state index in [1.807, 2.05) is 32.1 Å². The molecule has 1 aliphatic rings. The molecule has 0 N–H and O–H groups in total. The number of aromatic nitrogens is 1. The molecule has 1 aliphatic carbocycles. The van der Waals surface area contributed by atoms with Gasteiger partial charge in [-0.05, 0) is 50.5 Å². The van der Waals surface area contributed by atoms with Gasteiger partial charge in [-0.3, -0.25) is 9.36 Å². The first-order chi connectivity index (χ1) is 10.5. The molecule has 116 valence electrons. The lowest BCUT2D eigenvalue weighted by molar-refractivity contribution is 0.304. The van der Waals surface area contributed by atoms with Crippen LogP contribution < -0.4 is 5.56 Å². The molecule has 0 aliphatic heterocycles. The summed E-state index contributed by atoms with van der Waals surface area (Å²) in [7, 11) is 1.62. The Labute approximate surface area is 135 Å². The minimum atomic E-state index is -0.142. The van der Waals surface area contributed by atoms with Crippen LogP contribution in [-0.4, -0.2) is 11.7 Å². The molecule has 0 bridgehead atoms. The lowest BCUT2D eigenvalue weighted by Gasteiger charge is -2.20. The zero-order chi connectivity index (χ0) is 16.3. The molecule has 4 heteroatoms. The van der Waals surface area contributed by atoms with Crippen LogP contribution in [0.25, 0.3) is 10.7 Å². The second-order valence-electron chi connectivity index (χ2n) is 5.17. The van der Waals surface area contributed by atoms with Crippen molar-refractivity contribution in [2.75, 3.05) is 7.11 Å². The fraction of sp³-hybridized carbons (Fsp3) is 0.278. The van der Waals surface area contributed by atoms with E-state index in [4.69, 9.17) is 16.3 Å². The van der Waals surface area contributed by atoms with Crippen molar-refractivity contribution >= 4 is 22.3 Å². The van der Waals surface area contributed by atoms with E-state index in [1.165, 1.54) is 0 Å². The maximum Gasteiger partial charge on any atom is 0.264 e. The SMILES string of the molecule is C=C/C=C(/Cl)c1c(C)cc(C)n(C2=CCCC=C2OC)c1=O. The molecule has 1 heterocycles. The summed E-state index contributed by atoms with van der Waals surface area (Å²) in [6.07, 6.45) is 9.03. The Morgan fingerprint density at radius 3 is 2.68 bits per heavy atom. The van der Waals surface area contributed by atoms with Crippen LogP contribution in [0.5, 0.6) is 0 Å². The Morgan fingerprint density at radius 2 is 2.05 bits per heavy atom. The molecule has 0 atom stereocenters. The topological polar surface area (TPSA) is 31.2 Å². The van der Waals surface area contributed by atoms with E-state index in [2.05, 4.69) is 6.58 Å². The van der Waals surface area contributed by atoms with Crippen LogP contribution in [0.2, 0.25) is 0 Å². The van der Waals surface area contributed by atoms with Crippen molar-refractivity contribution < 1.29 is 4.74 Å². The highest BCUT2D eigenvalue weighted by Crippen LogP contribution is 2.26. The van der Waals surface area contributed by atoms with E-state index in [0.717, 1.165) is 35.6 Å². The standard InChI is InChI=1S/C18H20ClNO2/c1-5-8-14(19)17-12(2)11-13(3)20(18(17)21)15-9-6-7-10-16(15)22-4/h5,8-11H,1,6-7H2,2-4H3/b14-8+. The number of hydrogen-bond acceptors (Lipinski definition) is 2. The van der Waals surface area contributed by atoms with Crippen molar-refractivity contribution in [1.82, 2.24) is 4.57 Å². The molecule has 0 aromatic carbocycles. The number of allylic oxidation sites excluding steroid dienone is 5. The fourth-order valence-corrected chi connectivity index (χ4v) is 3.02. The Morgan fingerprint density at radius 1 is 1.36 bits per heavy atom. The second kappa shape index (κ2) is 6.84. The largest absolute Gasteiger partial charge is 0.495 e. The van der Waals surface area contributed by atoms with E-state index in [9.17, 15) is 4.79 Å². The average Bonchev–Trinajstić information content (AvgIpc) is 2.47. The molecule has 0 fully saturated rings. The van der Waals surface area contributed by atoms with E-state index < -0.39 is 0 Å². The van der Waals surface area contributed by atoms with Crippen LogP contribution in [0.15, 0.2) is 47.5 Å². The Kier molecular flexibility index (Phi) is 5.09. The van der Waals surface area contributed by atoms with E-state index in [1.54, 1.807) is 23.8 Å². The van der Waals surface area contributed by atoms with Gasteiger partial charge < -0.3 is 4.74 Å². The zero-order valence-corrected chi connectivity index (χ0v) is 13.9. The van der Waals surface area contributed by atoms with Gasteiger partial charge >= 0.3 is 0 Å². The normalized spacial score (nSPS) is 15.2. The van der Waals surface area contributed by atoms with Gasteiger partial charge in [0, 0.05) is 5.69 Å². The Hall–Kier alpha value is -2.00. The van der Waals surface area contributed by atoms with Gasteiger partial charge in [0.15, 0.2) is 0 Å². The van der Waals surface area contributed by atoms with Gasteiger partial charge in [0.05, 0.1) is 23.4 Å². The van der Waals surface area contributed by atoms with Crippen LogP contribution >= 0.6 is 11.6 Å². The van der Waals surface area contributed by atoms with Crippen LogP contribution in [0.1, 0.15) is 29.7 Å². The first kappa shape index (κ1) is 16.4. The summed E-state index contributed by atoms with van der Waals surface area (Å²) in [5.74, 6) is 0.718. The summed E-state index contributed by atoms with van der Waals surface area (Å²) in [4.78, 5) is 13.0. The van der Waals surface area contributed by atoms with Crippen molar-refractivity contribution in [2.24, 2.45) is 0 Å². The number of aryl methyl sites for hydroxylation is 2. The number of ether oxygens (including phenoxy) is 1.